The summed E-state index contributed by atoms with van der Waals surface area (Å²) in [6, 6.07) is 11.3. The minimum Gasteiger partial charge on any atom is -0.352 e. The van der Waals surface area contributed by atoms with Crippen LogP contribution in [0.5, 0.6) is 0 Å². The Morgan fingerprint density at radius 2 is 1.83 bits per heavy atom. The van der Waals surface area contributed by atoms with Gasteiger partial charge in [0.15, 0.2) is 0 Å². The Hall–Kier alpha value is -3.09. The van der Waals surface area contributed by atoms with Crippen LogP contribution in [-0.2, 0) is 6.42 Å². The van der Waals surface area contributed by atoms with Crippen LogP contribution in [-0.4, -0.2) is 22.6 Å². The Balaban J connectivity index is 1.57. The Kier molecular flexibility index (Phi) is 4.60. The van der Waals surface area contributed by atoms with Crippen molar-refractivity contribution < 1.29 is 18.1 Å². The molecule has 0 fully saturated rings. The second-order valence-electron chi connectivity index (χ2n) is 5.00. The third kappa shape index (κ3) is 3.62. The maximum atomic E-state index is 13.7. The average Bonchev–Trinajstić information content (AvgIpc) is 3.04. The van der Waals surface area contributed by atoms with E-state index >= 15 is 0 Å². The number of hydrogen-bond donors (Lipinski definition) is 1. The van der Waals surface area contributed by atoms with Gasteiger partial charge in [-0.15, -0.1) is 0 Å². The van der Waals surface area contributed by atoms with Crippen molar-refractivity contribution in [2.45, 2.75) is 6.42 Å². The quantitative estimate of drug-likeness (QED) is 0.781. The smallest absolute Gasteiger partial charge is 0.251 e. The molecule has 24 heavy (non-hydrogen) atoms. The second-order valence-corrected chi connectivity index (χ2v) is 5.00. The Morgan fingerprint density at radius 3 is 2.58 bits per heavy atom. The standard InChI is InChI=1S/C17H13F2N3O2/c18-12-7-5-11(6-8-12)17(23)20-10-9-15-21-16(22-24-15)13-3-1-2-4-14(13)19/h1-8H,9-10H2,(H,20,23). The zero-order chi connectivity index (χ0) is 16.9. The number of aromatic nitrogens is 2. The molecule has 0 saturated heterocycles. The number of amides is 1. The third-order valence-electron chi connectivity index (χ3n) is 3.31. The topological polar surface area (TPSA) is 68.0 Å². The molecule has 0 atom stereocenters. The number of hydrogen-bond acceptors (Lipinski definition) is 4. The van der Waals surface area contributed by atoms with Gasteiger partial charge in [0.05, 0.1) is 5.56 Å². The third-order valence-corrected chi connectivity index (χ3v) is 3.31. The summed E-state index contributed by atoms with van der Waals surface area (Å²) in [4.78, 5) is 16.0. The van der Waals surface area contributed by atoms with Crippen molar-refractivity contribution >= 4 is 5.91 Å². The van der Waals surface area contributed by atoms with Crippen molar-refractivity contribution in [3.8, 4) is 11.4 Å². The molecule has 1 N–H and O–H groups in total. The van der Waals surface area contributed by atoms with Gasteiger partial charge in [-0.3, -0.25) is 4.79 Å². The summed E-state index contributed by atoms with van der Waals surface area (Å²) in [6.07, 6.45) is 0.300. The molecule has 1 heterocycles. The predicted molar refractivity (Wildman–Crippen MR) is 82.1 cm³/mol. The fourth-order valence-corrected chi connectivity index (χ4v) is 2.09. The summed E-state index contributed by atoms with van der Waals surface area (Å²) in [5.74, 6) is -0.725. The van der Waals surface area contributed by atoms with Gasteiger partial charge >= 0.3 is 0 Å². The first kappa shape index (κ1) is 15.8. The van der Waals surface area contributed by atoms with Gasteiger partial charge in [0, 0.05) is 18.5 Å². The number of nitrogens with one attached hydrogen (secondary N) is 1. The molecule has 1 amide bonds. The van der Waals surface area contributed by atoms with Crippen LogP contribution < -0.4 is 5.32 Å². The molecule has 0 aliphatic carbocycles. The summed E-state index contributed by atoms with van der Waals surface area (Å²) in [7, 11) is 0. The first-order valence-electron chi connectivity index (χ1n) is 7.25. The first-order chi connectivity index (χ1) is 11.6. The van der Waals surface area contributed by atoms with Crippen LogP contribution in [0.25, 0.3) is 11.4 Å². The molecule has 2 aromatic carbocycles. The number of benzene rings is 2. The molecule has 0 bridgehead atoms. The van der Waals surface area contributed by atoms with Gasteiger partial charge in [0.25, 0.3) is 5.91 Å². The number of rotatable bonds is 5. The highest BCUT2D eigenvalue weighted by Crippen LogP contribution is 2.19. The molecule has 3 aromatic rings. The fourth-order valence-electron chi connectivity index (χ4n) is 2.09. The number of nitrogens with zero attached hydrogens (tertiary/aromatic N) is 2. The van der Waals surface area contributed by atoms with Gasteiger partial charge in [-0.1, -0.05) is 17.3 Å². The first-order valence-corrected chi connectivity index (χ1v) is 7.25. The molecule has 1 aromatic heterocycles. The van der Waals surface area contributed by atoms with Crippen LogP contribution in [0.15, 0.2) is 53.1 Å². The van der Waals surface area contributed by atoms with Crippen LogP contribution in [0.1, 0.15) is 16.2 Å². The normalized spacial score (nSPS) is 10.6. The molecule has 0 aliphatic rings. The summed E-state index contributed by atoms with van der Waals surface area (Å²) < 4.78 is 31.5. The number of carbonyl (C=O) groups is 1. The predicted octanol–water partition coefficient (Wildman–Crippen LogP) is 2.99. The monoisotopic (exact) mass is 329 g/mol. The van der Waals surface area contributed by atoms with E-state index in [0.29, 0.717) is 12.0 Å². The summed E-state index contributed by atoms with van der Waals surface area (Å²) in [6.45, 7) is 0.259. The van der Waals surface area contributed by atoms with E-state index in [4.69, 9.17) is 4.52 Å². The molecule has 0 aliphatic heterocycles. The highest BCUT2D eigenvalue weighted by Gasteiger charge is 2.12. The SMILES string of the molecule is O=C(NCCc1nc(-c2ccccc2F)no1)c1ccc(F)cc1. The van der Waals surface area contributed by atoms with Gasteiger partial charge in [-0.2, -0.15) is 4.98 Å². The van der Waals surface area contributed by atoms with E-state index in [1.165, 1.54) is 30.3 Å². The van der Waals surface area contributed by atoms with Crippen molar-refractivity contribution in [3.63, 3.8) is 0 Å². The van der Waals surface area contributed by atoms with E-state index in [9.17, 15) is 13.6 Å². The number of carbonyl (C=O) groups excluding carboxylic acids is 1. The van der Waals surface area contributed by atoms with Crippen LogP contribution in [0, 0.1) is 11.6 Å². The van der Waals surface area contributed by atoms with E-state index < -0.39 is 11.6 Å². The second kappa shape index (κ2) is 6.99. The molecular weight excluding hydrogens is 316 g/mol. The van der Waals surface area contributed by atoms with Crippen molar-refractivity contribution in [3.05, 3.63) is 71.6 Å². The van der Waals surface area contributed by atoms with Crippen LogP contribution in [0.3, 0.4) is 0 Å². The minimum absolute atomic E-state index is 0.160. The van der Waals surface area contributed by atoms with Gasteiger partial charge < -0.3 is 9.84 Å². The van der Waals surface area contributed by atoms with E-state index in [2.05, 4.69) is 15.5 Å². The lowest BCUT2D eigenvalue weighted by molar-refractivity contribution is 0.0953. The van der Waals surface area contributed by atoms with Crippen molar-refractivity contribution in [2.75, 3.05) is 6.54 Å². The zero-order valence-corrected chi connectivity index (χ0v) is 12.5. The highest BCUT2D eigenvalue weighted by atomic mass is 19.1. The Bertz CT molecular complexity index is 847. The molecule has 3 rings (SSSR count). The maximum absolute atomic E-state index is 13.7. The summed E-state index contributed by atoms with van der Waals surface area (Å²) in [5.41, 5.74) is 0.608. The van der Waals surface area contributed by atoms with E-state index in [1.807, 2.05) is 0 Å². The van der Waals surface area contributed by atoms with Crippen LogP contribution >= 0.6 is 0 Å². The lowest BCUT2D eigenvalue weighted by Gasteiger charge is -2.03. The van der Waals surface area contributed by atoms with E-state index in [1.54, 1.807) is 18.2 Å². The maximum Gasteiger partial charge on any atom is 0.251 e. The Labute approximate surface area is 136 Å². The van der Waals surface area contributed by atoms with E-state index in [-0.39, 0.29) is 29.7 Å². The van der Waals surface area contributed by atoms with Crippen molar-refractivity contribution in [1.29, 1.82) is 0 Å². The van der Waals surface area contributed by atoms with Crippen LogP contribution in [0.4, 0.5) is 8.78 Å². The highest BCUT2D eigenvalue weighted by molar-refractivity contribution is 5.94. The molecule has 0 radical (unpaired) electrons. The summed E-state index contributed by atoms with van der Waals surface area (Å²) in [5, 5.41) is 6.40. The summed E-state index contributed by atoms with van der Waals surface area (Å²) >= 11 is 0. The largest absolute Gasteiger partial charge is 0.352 e. The average molecular weight is 329 g/mol. The molecule has 5 nitrogen and oxygen atoms in total. The lowest BCUT2D eigenvalue weighted by atomic mass is 10.2. The van der Waals surface area contributed by atoms with Crippen molar-refractivity contribution in [1.82, 2.24) is 15.5 Å². The Morgan fingerprint density at radius 1 is 1.08 bits per heavy atom. The molecule has 0 unspecified atom stereocenters. The molecule has 0 saturated carbocycles. The van der Waals surface area contributed by atoms with E-state index in [0.717, 1.165) is 0 Å². The van der Waals surface area contributed by atoms with Gasteiger partial charge in [0.2, 0.25) is 11.7 Å². The molecule has 0 spiro atoms. The fraction of sp³-hybridized carbons (Fsp3) is 0.118. The molecular formula is C17H13F2N3O2. The molecule has 7 heteroatoms. The zero-order valence-electron chi connectivity index (χ0n) is 12.5. The van der Waals surface area contributed by atoms with Gasteiger partial charge in [-0.05, 0) is 36.4 Å². The van der Waals surface area contributed by atoms with Gasteiger partial charge in [-0.25, -0.2) is 8.78 Å². The van der Waals surface area contributed by atoms with Gasteiger partial charge in [0.1, 0.15) is 11.6 Å². The van der Waals surface area contributed by atoms with Crippen molar-refractivity contribution in [2.24, 2.45) is 0 Å². The number of halogens is 2. The molecule has 122 valence electrons. The van der Waals surface area contributed by atoms with Crippen LogP contribution in [0.2, 0.25) is 0 Å². The lowest BCUT2D eigenvalue weighted by Crippen LogP contribution is -2.25. The minimum atomic E-state index is -0.436.